The molecule has 1 heterocycles. The van der Waals surface area contributed by atoms with Crippen molar-refractivity contribution in [2.24, 2.45) is 0 Å². The van der Waals surface area contributed by atoms with Crippen molar-refractivity contribution in [1.82, 2.24) is 0 Å². The van der Waals surface area contributed by atoms with E-state index in [0.29, 0.717) is 12.0 Å². The average molecular weight is 635 g/mol. The van der Waals surface area contributed by atoms with Crippen molar-refractivity contribution in [1.29, 1.82) is 0 Å². The van der Waals surface area contributed by atoms with Gasteiger partial charge in [-0.3, -0.25) is 14.4 Å². The van der Waals surface area contributed by atoms with Gasteiger partial charge in [0.1, 0.15) is 35.6 Å². The lowest BCUT2D eigenvalue weighted by molar-refractivity contribution is -0.268. The van der Waals surface area contributed by atoms with Crippen molar-refractivity contribution in [2.45, 2.75) is 64.5 Å². The van der Waals surface area contributed by atoms with E-state index >= 15 is 0 Å². The molecule has 1 saturated heterocycles. The molecular weight excluding hydrogens is 600 g/mol. The summed E-state index contributed by atoms with van der Waals surface area (Å²) >= 11 is 0. The molecule has 0 bridgehead atoms. The summed E-state index contributed by atoms with van der Waals surface area (Å²) in [6.45, 7) is 3.29. The van der Waals surface area contributed by atoms with Crippen LogP contribution < -0.4 is 9.47 Å². The SMILES string of the molecule is CC(=O)Oc1cc(CO)c2c(c1C=Cc1cccc(CCO)c1)C(=O)c1cc(OC3OC(C)C(O)C(O)C3O)c(C)c(O)c1C2=O. The van der Waals surface area contributed by atoms with Crippen molar-refractivity contribution >= 4 is 29.7 Å². The van der Waals surface area contributed by atoms with E-state index in [1.807, 2.05) is 12.1 Å². The van der Waals surface area contributed by atoms with Crippen LogP contribution in [-0.2, 0) is 22.6 Å². The van der Waals surface area contributed by atoms with Crippen LogP contribution >= 0.6 is 0 Å². The highest BCUT2D eigenvalue weighted by atomic mass is 16.7. The quantitative estimate of drug-likeness (QED) is 0.0934. The van der Waals surface area contributed by atoms with Gasteiger partial charge in [-0.25, -0.2) is 0 Å². The van der Waals surface area contributed by atoms with E-state index in [0.717, 1.165) is 12.5 Å². The molecule has 0 radical (unpaired) electrons. The normalized spacial score (nSPS) is 22.5. The molecule has 242 valence electrons. The third-order valence-corrected chi connectivity index (χ3v) is 8.11. The molecule has 5 unspecified atom stereocenters. The van der Waals surface area contributed by atoms with Gasteiger partial charge < -0.3 is 44.8 Å². The number of hydrogen-bond donors (Lipinski definition) is 6. The second-order valence-electron chi connectivity index (χ2n) is 11.2. The maximum atomic E-state index is 14.3. The molecule has 2 aliphatic rings. The number of aromatic hydroxyl groups is 1. The van der Waals surface area contributed by atoms with Crippen molar-refractivity contribution < 1.29 is 59.2 Å². The highest BCUT2D eigenvalue weighted by Gasteiger charge is 2.44. The number of phenolic OH excluding ortho intramolecular Hbond substituents is 1. The van der Waals surface area contributed by atoms with Gasteiger partial charge in [0.15, 0.2) is 11.6 Å². The third kappa shape index (κ3) is 5.94. The number of aliphatic hydroxyl groups excluding tert-OH is 5. The Labute approximate surface area is 263 Å². The molecule has 1 aliphatic carbocycles. The minimum Gasteiger partial charge on any atom is -0.507 e. The Morgan fingerprint density at radius 1 is 0.935 bits per heavy atom. The Balaban J connectivity index is 1.66. The van der Waals surface area contributed by atoms with Gasteiger partial charge >= 0.3 is 5.97 Å². The first-order valence-electron chi connectivity index (χ1n) is 14.6. The number of fused-ring (bicyclic) bond motifs is 2. The van der Waals surface area contributed by atoms with Crippen molar-refractivity contribution in [3.8, 4) is 17.2 Å². The fourth-order valence-electron chi connectivity index (χ4n) is 5.68. The van der Waals surface area contributed by atoms with Crippen LogP contribution in [0.1, 0.15) is 73.5 Å². The number of carbonyl (C=O) groups is 3. The van der Waals surface area contributed by atoms with Crippen LogP contribution in [0.4, 0.5) is 0 Å². The molecule has 1 aliphatic heterocycles. The zero-order chi connectivity index (χ0) is 33.4. The summed E-state index contributed by atoms with van der Waals surface area (Å²) in [5.74, 6) is -3.05. The average Bonchev–Trinajstić information content (AvgIpc) is 3.02. The maximum Gasteiger partial charge on any atom is 0.308 e. The molecule has 0 amide bonds. The number of ether oxygens (including phenoxy) is 3. The van der Waals surface area contributed by atoms with Crippen molar-refractivity contribution in [2.75, 3.05) is 6.61 Å². The van der Waals surface area contributed by atoms with Crippen LogP contribution in [0.15, 0.2) is 36.4 Å². The smallest absolute Gasteiger partial charge is 0.308 e. The monoisotopic (exact) mass is 634 g/mol. The lowest BCUT2D eigenvalue weighted by Gasteiger charge is -2.39. The van der Waals surface area contributed by atoms with Gasteiger partial charge in [0.2, 0.25) is 6.29 Å². The summed E-state index contributed by atoms with van der Waals surface area (Å²) in [6.07, 6.45) is -3.56. The summed E-state index contributed by atoms with van der Waals surface area (Å²) in [4.78, 5) is 40.4. The molecule has 12 heteroatoms. The van der Waals surface area contributed by atoms with Crippen LogP contribution in [0.2, 0.25) is 0 Å². The zero-order valence-corrected chi connectivity index (χ0v) is 25.3. The summed E-state index contributed by atoms with van der Waals surface area (Å²) in [5.41, 5.74) is 0.667. The molecule has 3 aromatic rings. The second kappa shape index (κ2) is 13.1. The largest absolute Gasteiger partial charge is 0.507 e. The van der Waals surface area contributed by atoms with E-state index in [-0.39, 0.29) is 57.1 Å². The lowest BCUT2D eigenvalue weighted by Crippen LogP contribution is -2.58. The van der Waals surface area contributed by atoms with Crippen molar-refractivity contribution in [3.63, 3.8) is 0 Å². The van der Waals surface area contributed by atoms with E-state index in [2.05, 4.69) is 0 Å². The highest BCUT2D eigenvalue weighted by molar-refractivity contribution is 6.31. The summed E-state index contributed by atoms with van der Waals surface area (Å²) in [6, 6.07) is 9.72. The Hall–Kier alpha value is -4.43. The Bertz CT molecular complexity index is 1740. The second-order valence-corrected chi connectivity index (χ2v) is 11.2. The van der Waals surface area contributed by atoms with Gasteiger partial charge in [0, 0.05) is 41.3 Å². The molecule has 0 aromatic heterocycles. The molecule has 5 rings (SSSR count). The minimum atomic E-state index is -1.69. The Morgan fingerprint density at radius 3 is 2.35 bits per heavy atom. The molecule has 0 spiro atoms. The van der Waals surface area contributed by atoms with Gasteiger partial charge in [-0.15, -0.1) is 0 Å². The molecule has 12 nitrogen and oxygen atoms in total. The number of benzene rings is 3. The summed E-state index contributed by atoms with van der Waals surface area (Å²) < 4.78 is 16.7. The van der Waals surface area contributed by atoms with Crippen molar-refractivity contribution in [3.05, 3.63) is 86.5 Å². The van der Waals surface area contributed by atoms with Gasteiger partial charge in [-0.1, -0.05) is 30.3 Å². The van der Waals surface area contributed by atoms with Crippen LogP contribution in [0.3, 0.4) is 0 Å². The number of esters is 1. The highest BCUT2D eigenvalue weighted by Crippen LogP contribution is 2.44. The van der Waals surface area contributed by atoms with Crippen LogP contribution in [0.5, 0.6) is 17.2 Å². The number of rotatable bonds is 8. The van der Waals surface area contributed by atoms with Crippen LogP contribution in [-0.4, -0.2) is 85.5 Å². The summed E-state index contributed by atoms with van der Waals surface area (Å²) in [5, 5.41) is 61.5. The van der Waals surface area contributed by atoms with E-state index in [4.69, 9.17) is 14.2 Å². The fourth-order valence-corrected chi connectivity index (χ4v) is 5.68. The van der Waals surface area contributed by atoms with Gasteiger partial charge in [-0.05, 0) is 55.2 Å². The molecule has 3 aromatic carbocycles. The first kappa shape index (κ1) is 32.9. The van der Waals surface area contributed by atoms with Gasteiger partial charge in [-0.2, -0.15) is 0 Å². The molecule has 0 saturated carbocycles. The van der Waals surface area contributed by atoms with Crippen LogP contribution in [0.25, 0.3) is 12.2 Å². The Kier molecular flexibility index (Phi) is 9.40. The summed E-state index contributed by atoms with van der Waals surface area (Å²) in [7, 11) is 0. The first-order chi connectivity index (χ1) is 21.9. The molecule has 5 atom stereocenters. The lowest BCUT2D eigenvalue weighted by atomic mass is 9.78. The third-order valence-electron chi connectivity index (χ3n) is 8.11. The Morgan fingerprint density at radius 2 is 1.67 bits per heavy atom. The molecular formula is C34H34O12. The number of phenols is 1. The first-order valence-corrected chi connectivity index (χ1v) is 14.6. The maximum absolute atomic E-state index is 14.3. The predicted molar refractivity (Wildman–Crippen MR) is 163 cm³/mol. The topological polar surface area (TPSA) is 200 Å². The van der Waals surface area contributed by atoms with Gasteiger partial charge in [0.05, 0.1) is 18.3 Å². The van der Waals surface area contributed by atoms with Gasteiger partial charge in [0.25, 0.3) is 0 Å². The van der Waals surface area contributed by atoms with E-state index in [1.165, 1.54) is 32.1 Å². The number of aliphatic hydroxyl groups is 5. The fraction of sp³-hybridized carbons (Fsp3) is 0.324. The molecule has 6 N–H and O–H groups in total. The van der Waals surface area contributed by atoms with E-state index in [9.17, 15) is 45.0 Å². The van der Waals surface area contributed by atoms with E-state index in [1.54, 1.807) is 18.2 Å². The zero-order valence-electron chi connectivity index (χ0n) is 25.3. The number of hydrogen-bond acceptors (Lipinski definition) is 12. The molecule has 46 heavy (non-hydrogen) atoms. The minimum absolute atomic E-state index is 0.00464. The standard InChI is InChI=1S/C34H34O12/c1-15-23(46-34-33(43)32(42)29(39)16(2)44-34)13-22-27(28(15)38)31(41)25-20(14-36)12-24(45-17(3)37)21(26(25)30(22)40)8-7-18-5-4-6-19(11-18)9-10-35/h4-8,11-13,16,29,32-36,38-39,42-43H,9-10,14H2,1-3H3. The van der Waals surface area contributed by atoms with Crippen LogP contribution in [0, 0.1) is 6.92 Å². The number of carbonyl (C=O) groups excluding carboxylic acids is 3. The van der Waals surface area contributed by atoms with E-state index < -0.39 is 60.6 Å². The number of ketones is 2. The molecule has 1 fully saturated rings. The predicted octanol–water partition coefficient (Wildman–Crippen LogP) is 1.81.